The highest BCUT2D eigenvalue weighted by Gasteiger charge is 2.47. The summed E-state index contributed by atoms with van der Waals surface area (Å²) in [4.78, 5) is 20.8. The zero-order valence-corrected chi connectivity index (χ0v) is 24.6. The highest BCUT2D eigenvalue weighted by Crippen LogP contribution is 2.41. The van der Waals surface area contributed by atoms with E-state index in [2.05, 4.69) is 38.6 Å². The smallest absolute Gasteiger partial charge is 0.254 e. The average Bonchev–Trinajstić information content (AvgIpc) is 3.17. The Labute approximate surface area is 244 Å². The van der Waals surface area contributed by atoms with E-state index in [1.54, 1.807) is 7.11 Å². The molecule has 2 saturated carbocycles. The van der Waals surface area contributed by atoms with Gasteiger partial charge in [-0.1, -0.05) is 17.3 Å². The van der Waals surface area contributed by atoms with Crippen LogP contribution in [0.15, 0.2) is 40.9 Å². The topological polar surface area (TPSA) is 104 Å². The van der Waals surface area contributed by atoms with Gasteiger partial charge in [-0.2, -0.15) is 0 Å². The van der Waals surface area contributed by atoms with Gasteiger partial charge in [0.15, 0.2) is 5.82 Å². The fourth-order valence-corrected chi connectivity index (χ4v) is 7.51. The maximum atomic E-state index is 13.7. The number of aryl methyl sites for hydroxylation is 3. The first-order valence-corrected chi connectivity index (χ1v) is 15.0. The Balaban J connectivity index is 1.25. The maximum absolute atomic E-state index is 13.7. The third kappa shape index (κ3) is 3.75. The highest BCUT2D eigenvalue weighted by atomic mass is 16.5. The molecular formula is C33H36N6O3. The van der Waals surface area contributed by atoms with E-state index >= 15 is 0 Å². The first-order chi connectivity index (χ1) is 20.3. The molecule has 3 fully saturated rings. The molecule has 2 aliphatic carbocycles. The van der Waals surface area contributed by atoms with Gasteiger partial charge in [0.25, 0.3) is 5.91 Å². The Morgan fingerprint density at radius 3 is 2.62 bits per heavy atom. The summed E-state index contributed by atoms with van der Waals surface area (Å²) < 4.78 is 15.8. The van der Waals surface area contributed by atoms with Crippen LogP contribution in [0.5, 0.6) is 5.75 Å². The summed E-state index contributed by atoms with van der Waals surface area (Å²) in [5.74, 6) is 3.40. The molecule has 42 heavy (non-hydrogen) atoms. The number of ether oxygens (including phenoxy) is 1. The van der Waals surface area contributed by atoms with Crippen molar-refractivity contribution in [2.75, 3.05) is 13.7 Å². The van der Waals surface area contributed by atoms with Gasteiger partial charge >= 0.3 is 0 Å². The molecule has 1 aliphatic heterocycles. The summed E-state index contributed by atoms with van der Waals surface area (Å²) in [6.45, 7) is 5.61. The molecule has 2 bridgehead atoms. The minimum absolute atomic E-state index is 0.0137. The summed E-state index contributed by atoms with van der Waals surface area (Å²) in [7, 11) is 3.69. The minimum Gasteiger partial charge on any atom is -0.494 e. The monoisotopic (exact) mass is 564 g/mol. The van der Waals surface area contributed by atoms with Crippen molar-refractivity contribution in [3.8, 4) is 28.4 Å². The van der Waals surface area contributed by atoms with Gasteiger partial charge in [-0.25, -0.2) is 4.98 Å². The summed E-state index contributed by atoms with van der Waals surface area (Å²) in [5, 5.41) is 5.34. The van der Waals surface area contributed by atoms with Crippen LogP contribution in [0.4, 0.5) is 0 Å². The lowest BCUT2D eigenvalue weighted by Gasteiger charge is -2.27. The standard InChI is InChI=1S/C33H36N6O3/c1-17-29(18(2)42-36-17)21-8-7-20-12-27(38(26(20)13-21)15-19-5-6-19)32-35-24-11-23(14-28(41-4)31(24)37(32)3)33(40)39-16-22-9-10-25(39)30(22)34/h7-8,11-14,19,22,25,30H,5-6,9-10,15-16,34H2,1-4H3. The van der Waals surface area contributed by atoms with Crippen LogP contribution in [-0.2, 0) is 13.6 Å². The molecule has 0 spiro atoms. The molecule has 2 N–H and O–H groups in total. The fraction of sp³-hybridized carbons (Fsp3) is 0.424. The number of carbonyl (C=O) groups excluding carboxylic acids is 1. The number of methoxy groups -OCH3 is 1. The number of nitrogens with two attached hydrogens (primary N) is 1. The fourth-order valence-electron chi connectivity index (χ4n) is 7.51. The maximum Gasteiger partial charge on any atom is 0.254 e. The zero-order valence-electron chi connectivity index (χ0n) is 24.6. The SMILES string of the molecule is COc1cc(C(=O)N2CC3CCC2C3N)cc2nc(-c3cc4ccc(-c5c(C)noc5C)cc4n3CC3CC3)n(C)c12. The molecule has 9 heteroatoms. The third-order valence-corrected chi connectivity index (χ3v) is 9.91. The van der Waals surface area contributed by atoms with Crippen LogP contribution < -0.4 is 10.5 Å². The van der Waals surface area contributed by atoms with E-state index in [4.69, 9.17) is 20.0 Å². The Morgan fingerprint density at radius 2 is 1.95 bits per heavy atom. The Bertz CT molecular complexity index is 1870. The van der Waals surface area contributed by atoms with Crippen molar-refractivity contribution in [2.24, 2.45) is 24.6 Å². The number of amides is 1. The van der Waals surface area contributed by atoms with Crippen LogP contribution in [0, 0.1) is 25.7 Å². The van der Waals surface area contributed by atoms with Gasteiger partial charge in [-0.05, 0) is 81.2 Å². The van der Waals surface area contributed by atoms with Gasteiger partial charge in [-0.15, -0.1) is 0 Å². The zero-order chi connectivity index (χ0) is 28.9. The number of hydrogen-bond acceptors (Lipinski definition) is 6. The van der Waals surface area contributed by atoms with E-state index in [0.717, 1.165) is 76.5 Å². The summed E-state index contributed by atoms with van der Waals surface area (Å²) in [5.41, 5.74) is 13.9. The first-order valence-electron chi connectivity index (χ1n) is 15.0. The quantitative estimate of drug-likeness (QED) is 0.294. The van der Waals surface area contributed by atoms with E-state index < -0.39 is 0 Å². The lowest BCUT2D eigenvalue weighted by molar-refractivity contribution is 0.0700. The van der Waals surface area contributed by atoms with E-state index in [9.17, 15) is 4.79 Å². The summed E-state index contributed by atoms with van der Waals surface area (Å²) in [6.07, 6.45) is 4.57. The molecule has 5 aromatic rings. The van der Waals surface area contributed by atoms with Crippen molar-refractivity contribution in [2.45, 2.75) is 58.2 Å². The largest absolute Gasteiger partial charge is 0.494 e. The van der Waals surface area contributed by atoms with E-state index in [1.165, 1.54) is 18.4 Å². The summed E-state index contributed by atoms with van der Waals surface area (Å²) in [6, 6.07) is 12.8. The lowest BCUT2D eigenvalue weighted by atomic mass is 10.0. The second-order valence-corrected chi connectivity index (χ2v) is 12.5. The molecule has 8 rings (SSSR count). The second-order valence-electron chi connectivity index (χ2n) is 12.5. The third-order valence-electron chi connectivity index (χ3n) is 9.91. The number of rotatable bonds is 6. The van der Waals surface area contributed by atoms with E-state index in [0.29, 0.717) is 23.1 Å². The number of aromatic nitrogens is 4. The predicted octanol–water partition coefficient (Wildman–Crippen LogP) is 5.45. The van der Waals surface area contributed by atoms with Crippen molar-refractivity contribution in [1.29, 1.82) is 0 Å². The van der Waals surface area contributed by atoms with Gasteiger partial charge in [0.2, 0.25) is 0 Å². The van der Waals surface area contributed by atoms with Crippen LogP contribution >= 0.6 is 0 Å². The van der Waals surface area contributed by atoms with Crippen LogP contribution in [0.3, 0.4) is 0 Å². The highest BCUT2D eigenvalue weighted by molar-refractivity contribution is 6.00. The summed E-state index contributed by atoms with van der Waals surface area (Å²) >= 11 is 0. The molecule has 0 radical (unpaired) electrons. The molecule has 3 atom stereocenters. The van der Waals surface area contributed by atoms with Gasteiger partial charge < -0.3 is 29.0 Å². The first kappa shape index (κ1) is 25.6. The number of nitrogens with zero attached hydrogens (tertiary/aromatic N) is 5. The van der Waals surface area contributed by atoms with Crippen molar-refractivity contribution >= 4 is 27.8 Å². The molecule has 1 amide bonds. The normalized spacial score (nSPS) is 21.7. The average molecular weight is 565 g/mol. The lowest BCUT2D eigenvalue weighted by Crippen LogP contribution is -2.41. The molecule has 3 aliphatic rings. The van der Waals surface area contributed by atoms with Crippen molar-refractivity contribution < 1.29 is 14.1 Å². The van der Waals surface area contributed by atoms with E-state index in [1.807, 2.05) is 37.9 Å². The molecule has 4 heterocycles. The molecule has 216 valence electrons. The predicted molar refractivity (Wildman–Crippen MR) is 161 cm³/mol. The van der Waals surface area contributed by atoms with Crippen molar-refractivity contribution in [1.82, 2.24) is 24.2 Å². The molecule has 2 aromatic carbocycles. The molecular weight excluding hydrogens is 528 g/mol. The van der Waals surface area contributed by atoms with Crippen LogP contribution in [0.25, 0.3) is 44.6 Å². The molecule has 3 unspecified atom stereocenters. The van der Waals surface area contributed by atoms with Crippen molar-refractivity contribution in [3.63, 3.8) is 0 Å². The van der Waals surface area contributed by atoms with Crippen LogP contribution in [0.2, 0.25) is 0 Å². The molecule has 1 saturated heterocycles. The van der Waals surface area contributed by atoms with E-state index in [-0.39, 0.29) is 18.0 Å². The van der Waals surface area contributed by atoms with Crippen LogP contribution in [-0.4, -0.2) is 55.8 Å². The number of hydrogen-bond donors (Lipinski definition) is 1. The van der Waals surface area contributed by atoms with Gasteiger partial charge in [0.1, 0.15) is 17.0 Å². The second kappa shape index (κ2) is 9.19. The Kier molecular flexibility index (Phi) is 5.60. The van der Waals surface area contributed by atoms with Crippen molar-refractivity contribution in [3.05, 3.63) is 53.4 Å². The number of imidazole rings is 1. The number of benzene rings is 2. The number of piperidine rings is 1. The van der Waals surface area contributed by atoms with Gasteiger partial charge in [0, 0.05) is 54.3 Å². The number of fused-ring (bicyclic) bond motifs is 4. The number of likely N-dealkylation sites (tertiary alicyclic amines) is 1. The van der Waals surface area contributed by atoms with Gasteiger partial charge in [0.05, 0.1) is 24.0 Å². The Hall–Kier alpha value is -4.11. The molecule has 9 nitrogen and oxygen atoms in total. The minimum atomic E-state index is 0.0137. The van der Waals surface area contributed by atoms with Crippen LogP contribution in [0.1, 0.15) is 47.5 Å². The van der Waals surface area contributed by atoms with Gasteiger partial charge in [-0.3, -0.25) is 4.79 Å². The molecule has 3 aromatic heterocycles. The Morgan fingerprint density at radius 1 is 1.12 bits per heavy atom. The number of carbonyl (C=O) groups is 1.